The highest BCUT2D eigenvalue weighted by atomic mass is 16.5. The van der Waals surface area contributed by atoms with Crippen LogP contribution in [0.5, 0.6) is 11.5 Å². The topological polar surface area (TPSA) is 99.2 Å². The number of benzene rings is 2. The van der Waals surface area contributed by atoms with Gasteiger partial charge < -0.3 is 15.4 Å². The fourth-order valence-electron chi connectivity index (χ4n) is 4.40. The maximum absolute atomic E-state index is 12.2. The first-order valence-corrected chi connectivity index (χ1v) is 11.3. The predicted molar refractivity (Wildman–Crippen MR) is 135 cm³/mol. The smallest absolute Gasteiger partial charge is 0.246 e. The first kappa shape index (κ1) is 22.2. The van der Waals surface area contributed by atoms with E-state index in [2.05, 4.69) is 22.5 Å². The van der Waals surface area contributed by atoms with Crippen molar-refractivity contribution in [3.05, 3.63) is 73.1 Å². The number of nitrogens with zero attached hydrogens (tertiary/aromatic N) is 5. The summed E-state index contributed by atoms with van der Waals surface area (Å²) in [6, 6.07) is 14.9. The lowest BCUT2D eigenvalue weighted by atomic mass is 10.1. The first-order chi connectivity index (χ1) is 17.1. The second kappa shape index (κ2) is 9.31. The second-order valence-electron chi connectivity index (χ2n) is 8.33. The van der Waals surface area contributed by atoms with Gasteiger partial charge in [-0.2, -0.15) is 5.10 Å². The molecule has 3 heterocycles. The van der Waals surface area contributed by atoms with Crippen molar-refractivity contribution < 1.29 is 9.53 Å². The van der Waals surface area contributed by atoms with Gasteiger partial charge in [-0.05, 0) is 61.4 Å². The van der Waals surface area contributed by atoms with Gasteiger partial charge in [0.25, 0.3) is 0 Å². The number of amides is 1. The highest BCUT2D eigenvalue weighted by Crippen LogP contribution is 2.35. The van der Waals surface area contributed by atoms with E-state index in [-0.39, 0.29) is 11.9 Å². The van der Waals surface area contributed by atoms with Crippen molar-refractivity contribution in [1.82, 2.24) is 24.6 Å². The van der Waals surface area contributed by atoms with Crippen LogP contribution in [-0.4, -0.2) is 43.6 Å². The van der Waals surface area contributed by atoms with E-state index in [1.165, 1.54) is 12.4 Å². The quantitative estimate of drug-likeness (QED) is 0.351. The molecule has 5 rings (SSSR count). The van der Waals surface area contributed by atoms with E-state index in [0.717, 1.165) is 24.0 Å². The van der Waals surface area contributed by atoms with Crippen molar-refractivity contribution in [1.29, 1.82) is 0 Å². The molecule has 2 N–H and O–H groups in total. The molecule has 4 aromatic rings. The van der Waals surface area contributed by atoms with Gasteiger partial charge in [0.15, 0.2) is 5.65 Å². The Morgan fingerprint density at radius 3 is 2.80 bits per heavy atom. The van der Waals surface area contributed by atoms with Gasteiger partial charge in [-0.15, -0.1) is 6.42 Å². The van der Waals surface area contributed by atoms with Crippen molar-refractivity contribution in [2.45, 2.75) is 18.9 Å². The van der Waals surface area contributed by atoms with Crippen LogP contribution < -0.4 is 10.5 Å². The molecule has 1 saturated heterocycles. The van der Waals surface area contributed by atoms with E-state index in [1.807, 2.05) is 53.2 Å². The molecule has 1 atom stereocenters. The molecular formula is C27H24N6O2. The Morgan fingerprint density at radius 1 is 1.20 bits per heavy atom. The van der Waals surface area contributed by atoms with Crippen LogP contribution in [0.2, 0.25) is 0 Å². The third-order valence-electron chi connectivity index (χ3n) is 6.11. The summed E-state index contributed by atoms with van der Waals surface area (Å²) in [4.78, 5) is 22.7. The lowest BCUT2D eigenvalue weighted by Gasteiger charge is -2.32. The van der Waals surface area contributed by atoms with E-state index in [9.17, 15) is 4.79 Å². The van der Waals surface area contributed by atoms with Crippen molar-refractivity contribution in [2.24, 2.45) is 0 Å². The summed E-state index contributed by atoms with van der Waals surface area (Å²) in [5.74, 6) is 4.22. The van der Waals surface area contributed by atoms with Gasteiger partial charge in [-0.25, -0.2) is 14.6 Å². The summed E-state index contributed by atoms with van der Waals surface area (Å²) in [7, 11) is 0. The zero-order valence-corrected chi connectivity index (χ0v) is 19.1. The van der Waals surface area contributed by atoms with Crippen molar-refractivity contribution in [3.63, 3.8) is 0 Å². The summed E-state index contributed by atoms with van der Waals surface area (Å²) in [6.45, 7) is 4.85. The molecular weight excluding hydrogens is 440 g/mol. The van der Waals surface area contributed by atoms with Gasteiger partial charge in [0, 0.05) is 24.2 Å². The monoisotopic (exact) mass is 464 g/mol. The van der Waals surface area contributed by atoms with Gasteiger partial charge in [0.05, 0.1) is 11.4 Å². The standard InChI is InChI=1S/C27H24N6O2/c1-3-18-7-5-9-22(15-18)35-21-12-10-19(11-13-21)25-24-26(28)29-17-30-27(24)33(31-25)20-8-6-14-32(16-20)23(34)4-2/h1,4-5,7,9-13,15,17,20H,2,6,8,14,16H2,(H2,28,29,30)/t20-/m0/s1. The van der Waals surface area contributed by atoms with Crippen LogP contribution in [0.25, 0.3) is 22.3 Å². The number of nitrogens with two attached hydrogens (primary N) is 1. The average Bonchev–Trinajstić information content (AvgIpc) is 3.30. The van der Waals surface area contributed by atoms with Crippen LogP contribution in [-0.2, 0) is 4.79 Å². The van der Waals surface area contributed by atoms with Crippen LogP contribution in [0, 0.1) is 12.3 Å². The Bertz CT molecular complexity index is 1450. The maximum atomic E-state index is 12.2. The molecule has 8 heteroatoms. The molecule has 0 saturated carbocycles. The van der Waals surface area contributed by atoms with Crippen molar-refractivity contribution in [2.75, 3.05) is 18.8 Å². The number of ether oxygens (including phenoxy) is 1. The number of rotatable bonds is 5. The molecule has 1 amide bonds. The van der Waals surface area contributed by atoms with Crippen LogP contribution in [0.4, 0.5) is 5.82 Å². The number of likely N-dealkylation sites (tertiary alicyclic amines) is 1. The number of aromatic nitrogens is 4. The van der Waals surface area contributed by atoms with Gasteiger partial charge in [-0.3, -0.25) is 4.79 Å². The molecule has 1 aliphatic rings. The van der Waals surface area contributed by atoms with E-state index in [0.29, 0.717) is 47.1 Å². The Morgan fingerprint density at radius 2 is 2.03 bits per heavy atom. The number of anilines is 1. The fourth-order valence-corrected chi connectivity index (χ4v) is 4.40. The van der Waals surface area contributed by atoms with Gasteiger partial charge in [0.1, 0.15) is 29.3 Å². The van der Waals surface area contributed by atoms with E-state index in [4.69, 9.17) is 22.0 Å². The van der Waals surface area contributed by atoms with Gasteiger partial charge >= 0.3 is 0 Å². The first-order valence-electron chi connectivity index (χ1n) is 11.3. The molecule has 0 bridgehead atoms. The minimum Gasteiger partial charge on any atom is -0.457 e. The number of nitrogen functional groups attached to an aromatic ring is 1. The highest BCUT2D eigenvalue weighted by molar-refractivity contribution is 5.98. The molecule has 174 valence electrons. The number of fused-ring (bicyclic) bond motifs is 1. The summed E-state index contributed by atoms with van der Waals surface area (Å²) < 4.78 is 7.83. The Hall–Kier alpha value is -4.64. The Labute approximate surface area is 203 Å². The third-order valence-corrected chi connectivity index (χ3v) is 6.11. The number of piperidine rings is 1. The number of carbonyl (C=O) groups excluding carboxylic acids is 1. The van der Waals surface area contributed by atoms with E-state index >= 15 is 0 Å². The van der Waals surface area contributed by atoms with Crippen LogP contribution in [0.15, 0.2) is 67.5 Å². The van der Waals surface area contributed by atoms with Crippen molar-refractivity contribution >= 4 is 22.8 Å². The largest absolute Gasteiger partial charge is 0.457 e. The average molecular weight is 465 g/mol. The van der Waals surface area contributed by atoms with Crippen molar-refractivity contribution in [3.8, 4) is 35.1 Å². The molecule has 35 heavy (non-hydrogen) atoms. The van der Waals surface area contributed by atoms with E-state index in [1.54, 1.807) is 4.90 Å². The lowest BCUT2D eigenvalue weighted by molar-refractivity contribution is -0.127. The number of hydrogen-bond acceptors (Lipinski definition) is 6. The highest BCUT2D eigenvalue weighted by Gasteiger charge is 2.28. The summed E-state index contributed by atoms with van der Waals surface area (Å²) >= 11 is 0. The molecule has 0 spiro atoms. The Kier molecular flexibility index (Phi) is 5.90. The summed E-state index contributed by atoms with van der Waals surface area (Å²) in [5.41, 5.74) is 9.22. The molecule has 1 fully saturated rings. The molecule has 8 nitrogen and oxygen atoms in total. The lowest BCUT2D eigenvalue weighted by Crippen LogP contribution is -2.40. The van der Waals surface area contributed by atoms with Crippen LogP contribution in [0.1, 0.15) is 24.4 Å². The summed E-state index contributed by atoms with van der Waals surface area (Å²) in [6.07, 6.45) is 10.0. The summed E-state index contributed by atoms with van der Waals surface area (Å²) in [5, 5.41) is 5.60. The molecule has 2 aromatic heterocycles. The molecule has 0 unspecified atom stereocenters. The van der Waals surface area contributed by atoms with Gasteiger partial charge in [-0.1, -0.05) is 18.6 Å². The Balaban J connectivity index is 1.48. The number of carbonyl (C=O) groups is 1. The zero-order chi connectivity index (χ0) is 24.4. The molecule has 1 aliphatic heterocycles. The molecule has 0 radical (unpaired) electrons. The third kappa shape index (κ3) is 4.32. The SMILES string of the molecule is C#Cc1cccc(Oc2ccc(-c3nn([C@H]4CCCN(C(=O)C=C)C4)c4ncnc(N)c34)cc2)c1. The van der Waals surface area contributed by atoms with Gasteiger partial charge in [0.2, 0.25) is 5.91 Å². The predicted octanol–water partition coefficient (Wildman–Crippen LogP) is 4.20. The zero-order valence-electron chi connectivity index (χ0n) is 19.1. The molecule has 2 aromatic carbocycles. The second-order valence-corrected chi connectivity index (χ2v) is 8.33. The minimum absolute atomic E-state index is 0.0239. The number of terminal acetylenes is 1. The molecule has 0 aliphatic carbocycles. The fraction of sp³-hybridized carbons (Fsp3) is 0.185. The number of hydrogen-bond donors (Lipinski definition) is 1. The van der Waals surface area contributed by atoms with E-state index < -0.39 is 0 Å². The van der Waals surface area contributed by atoms with Crippen LogP contribution in [0.3, 0.4) is 0 Å². The normalized spacial score (nSPS) is 15.5. The maximum Gasteiger partial charge on any atom is 0.246 e. The van der Waals surface area contributed by atoms with Crippen LogP contribution >= 0.6 is 0 Å². The minimum atomic E-state index is -0.0797.